The first-order valence-corrected chi connectivity index (χ1v) is 8.89. The van der Waals surface area contributed by atoms with Crippen LogP contribution in [0.3, 0.4) is 0 Å². The van der Waals surface area contributed by atoms with Crippen molar-refractivity contribution in [2.75, 3.05) is 38.7 Å². The average molecular weight is 305 g/mol. The van der Waals surface area contributed by atoms with Crippen molar-refractivity contribution in [1.29, 1.82) is 0 Å². The highest BCUT2D eigenvalue weighted by molar-refractivity contribution is 7.91. The summed E-state index contributed by atoms with van der Waals surface area (Å²) in [7, 11) is 0.946. The van der Waals surface area contributed by atoms with E-state index in [4.69, 9.17) is 0 Å². The number of sulfone groups is 1. The van der Waals surface area contributed by atoms with Gasteiger partial charge in [0, 0.05) is 31.6 Å². The first-order valence-electron chi connectivity index (χ1n) is 7.07. The summed E-state index contributed by atoms with van der Waals surface area (Å²) in [4.78, 5) is 14.1. The topological polar surface area (TPSA) is 78.5 Å². The van der Waals surface area contributed by atoms with Crippen molar-refractivity contribution < 1.29 is 13.2 Å². The molecule has 1 fully saturated rings. The standard InChI is InChI=1S/C13H27N3O3S/c1-10(2)12(8-16(3)4)15-13(17)7-11-9-20(18,19)6-5-14-11/h10-12,14H,5-9H2,1-4H3,(H,15,17). The predicted octanol–water partition coefficient (Wildman–Crippen LogP) is -0.534. The summed E-state index contributed by atoms with van der Waals surface area (Å²) in [5.41, 5.74) is 0. The number of amides is 1. The first kappa shape index (κ1) is 17.4. The van der Waals surface area contributed by atoms with Crippen LogP contribution in [0.4, 0.5) is 0 Å². The van der Waals surface area contributed by atoms with Gasteiger partial charge in [-0.3, -0.25) is 4.79 Å². The fourth-order valence-corrected chi connectivity index (χ4v) is 3.75. The minimum Gasteiger partial charge on any atom is -0.352 e. The SMILES string of the molecule is CC(C)C(CN(C)C)NC(=O)CC1CS(=O)(=O)CCN1. The van der Waals surface area contributed by atoms with Crippen LogP contribution in [0.15, 0.2) is 0 Å². The summed E-state index contributed by atoms with van der Waals surface area (Å²) >= 11 is 0. The Kier molecular flexibility index (Phi) is 6.42. The molecule has 2 atom stereocenters. The minimum atomic E-state index is -2.99. The van der Waals surface area contributed by atoms with E-state index in [0.29, 0.717) is 12.5 Å². The minimum absolute atomic E-state index is 0.0560. The van der Waals surface area contributed by atoms with E-state index in [1.54, 1.807) is 0 Å². The van der Waals surface area contributed by atoms with Gasteiger partial charge in [-0.25, -0.2) is 8.42 Å². The second-order valence-electron chi connectivity index (χ2n) is 6.15. The third kappa shape index (κ3) is 6.19. The summed E-state index contributed by atoms with van der Waals surface area (Å²) in [6.45, 7) is 5.35. The number of likely N-dealkylation sites (N-methyl/N-ethyl adjacent to an activating group) is 1. The molecule has 1 aliphatic heterocycles. The third-order valence-electron chi connectivity index (χ3n) is 3.45. The third-order valence-corrected chi connectivity index (χ3v) is 5.18. The molecule has 6 nitrogen and oxygen atoms in total. The summed E-state index contributed by atoms with van der Waals surface area (Å²) in [6, 6.07) is -0.182. The largest absolute Gasteiger partial charge is 0.352 e. The molecule has 2 N–H and O–H groups in total. The Balaban J connectivity index is 2.49. The molecule has 1 saturated heterocycles. The van der Waals surface area contributed by atoms with Gasteiger partial charge in [-0.05, 0) is 20.0 Å². The van der Waals surface area contributed by atoms with Crippen molar-refractivity contribution >= 4 is 15.7 Å². The van der Waals surface area contributed by atoms with Crippen molar-refractivity contribution in [3.05, 3.63) is 0 Å². The number of nitrogens with zero attached hydrogens (tertiary/aromatic N) is 1. The maximum Gasteiger partial charge on any atom is 0.221 e. The van der Waals surface area contributed by atoms with Gasteiger partial charge in [0.05, 0.1) is 11.5 Å². The quantitative estimate of drug-likeness (QED) is 0.689. The van der Waals surface area contributed by atoms with Gasteiger partial charge >= 0.3 is 0 Å². The monoisotopic (exact) mass is 305 g/mol. The zero-order chi connectivity index (χ0) is 15.3. The fraction of sp³-hybridized carbons (Fsp3) is 0.923. The van der Waals surface area contributed by atoms with Gasteiger partial charge < -0.3 is 15.5 Å². The molecule has 0 aromatic carbocycles. The van der Waals surface area contributed by atoms with Crippen molar-refractivity contribution in [3.63, 3.8) is 0 Å². The maximum absolute atomic E-state index is 12.1. The molecule has 0 aromatic heterocycles. The summed E-state index contributed by atoms with van der Waals surface area (Å²) in [5, 5.41) is 6.11. The van der Waals surface area contributed by atoms with Gasteiger partial charge in [-0.15, -0.1) is 0 Å². The van der Waals surface area contributed by atoms with E-state index in [2.05, 4.69) is 24.5 Å². The van der Waals surface area contributed by atoms with Crippen molar-refractivity contribution in [2.45, 2.75) is 32.4 Å². The molecule has 1 aliphatic rings. The van der Waals surface area contributed by atoms with Crippen LogP contribution < -0.4 is 10.6 Å². The maximum atomic E-state index is 12.1. The molecule has 0 aromatic rings. The Morgan fingerprint density at radius 3 is 2.55 bits per heavy atom. The number of hydrogen-bond acceptors (Lipinski definition) is 5. The van der Waals surface area contributed by atoms with Crippen LogP contribution in [0.25, 0.3) is 0 Å². The second-order valence-corrected chi connectivity index (χ2v) is 8.38. The number of hydrogen-bond donors (Lipinski definition) is 2. The lowest BCUT2D eigenvalue weighted by Crippen LogP contribution is -2.50. The molecule has 20 heavy (non-hydrogen) atoms. The highest BCUT2D eigenvalue weighted by Crippen LogP contribution is 2.07. The van der Waals surface area contributed by atoms with E-state index in [1.807, 2.05) is 19.0 Å². The van der Waals surface area contributed by atoms with Gasteiger partial charge in [-0.1, -0.05) is 13.8 Å². The van der Waals surface area contributed by atoms with Gasteiger partial charge in [0.15, 0.2) is 9.84 Å². The number of carbonyl (C=O) groups excluding carboxylic acids is 1. The summed E-state index contributed by atoms with van der Waals surface area (Å²) in [6.07, 6.45) is 0.218. The Bertz CT molecular complexity index is 421. The smallest absolute Gasteiger partial charge is 0.221 e. The molecule has 0 bridgehead atoms. The molecule has 0 spiro atoms. The Morgan fingerprint density at radius 1 is 1.40 bits per heavy atom. The zero-order valence-electron chi connectivity index (χ0n) is 12.8. The normalized spacial score (nSPS) is 23.8. The molecular weight excluding hydrogens is 278 g/mol. The molecule has 0 aliphatic carbocycles. The summed E-state index contributed by atoms with van der Waals surface area (Å²) in [5.74, 6) is 0.477. The zero-order valence-corrected chi connectivity index (χ0v) is 13.7. The van der Waals surface area contributed by atoms with Gasteiger partial charge in [0.1, 0.15) is 0 Å². The van der Waals surface area contributed by atoms with Crippen molar-refractivity contribution in [2.24, 2.45) is 5.92 Å². The highest BCUT2D eigenvalue weighted by atomic mass is 32.2. The average Bonchev–Trinajstić information content (AvgIpc) is 2.25. The highest BCUT2D eigenvalue weighted by Gasteiger charge is 2.27. The van der Waals surface area contributed by atoms with Crippen LogP contribution >= 0.6 is 0 Å². The van der Waals surface area contributed by atoms with E-state index in [0.717, 1.165) is 6.54 Å². The lowest BCUT2D eigenvalue weighted by Gasteiger charge is -2.28. The van der Waals surface area contributed by atoms with Gasteiger partial charge in [0.25, 0.3) is 0 Å². The van der Waals surface area contributed by atoms with Crippen LogP contribution in [0, 0.1) is 5.92 Å². The number of rotatable bonds is 6. The van der Waals surface area contributed by atoms with Gasteiger partial charge in [0.2, 0.25) is 5.91 Å². The van der Waals surface area contributed by atoms with Crippen LogP contribution in [0.2, 0.25) is 0 Å². The van der Waals surface area contributed by atoms with E-state index in [-0.39, 0.29) is 35.9 Å². The van der Waals surface area contributed by atoms with Crippen LogP contribution in [0.1, 0.15) is 20.3 Å². The van der Waals surface area contributed by atoms with E-state index in [9.17, 15) is 13.2 Å². The molecule has 1 rings (SSSR count). The Hall–Kier alpha value is -0.660. The van der Waals surface area contributed by atoms with Crippen LogP contribution in [-0.2, 0) is 14.6 Å². The first-order chi connectivity index (χ1) is 9.19. The van der Waals surface area contributed by atoms with Crippen LogP contribution in [0.5, 0.6) is 0 Å². The Labute approximate surface area is 122 Å². The summed E-state index contributed by atoms with van der Waals surface area (Å²) < 4.78 is 23.1. The molecular formula is C13H27N3O3S. The lowest BCUT2D eigenvalue weighted by atomic mass is 10.0. The molecule has 1 amide bonds. The lowest BCUT2D eigenvalue weighted by molar-refractivity contribution is -0.122. The number of nitrogens with one attached hydrogen (secondary N) is 2. The molecule has 0 radical (unpaired) electrons. The number of carbonyl (C=O) groups is 1. The molecule has 118 valence electrons. The molecule has 7 heteroatoms. The van der Waals surface area contributed by atoms with E-state index >= 15 is 0 Å². The molecule has 2 unspecified atom stereocenters. The predicted molar refractivity (Wildman–Crippen MR) is 80.4 cm³/mol. The van der Waals surface area contributed by atoms with Crippen molar-refractivity contribution in [3.8, 4) is 0 Å². The second kappa shape index (κ2) is 7.38. The van der Waals surface area contributed by atoms with E-state index in [1.165, 1.54) is 0 Å². The van der Waals surface area contributed by atoms with Crippen molar-refractivity contribution in [1.82, 2.24) is 15.5 Å². The van der Waals surface area contributed by atoms with Gasteiger partial charge in [-0.2, -0.15) is 0 Å². The molecule has 1 heterocycles. The Morgan fingerprint density at radius 2 is 2.05 bits per heavy atom. The van der Waals surface area contributed by atoms with Crippen LogP contribution in [-0.4, -0.2) is 70.0 Å². The fourth-order valence-electron chi connectivity index (χ4n) is 2.30. The van der Waals surface area contributed by atoms with E-state index < -0.39 is 9.84 Å². The molecule has 0 saturated carbocycles.